The van der Waals surface area contributed by atoms with E-state index in [1.807, 2.05) is 23.9 Å². The van der Waals surface area contributed by atoms with Gasteiger partial charge < -0.3 is 0 Å². The monoisotopic (exact) mass is 237 g/mol. The highest BCUT2D eigenvalue weighted by atomic mass is 15.3. The molecule has 3 heteroatoms. The summed E-state index contributed by atoms with van der Waals surface area (Å²) in [5.74, 6) is 0. The Morgan fingerprint density at radius 2 is 1.94 bits per heavy atom. The molecule has 90 valence electrons. The van der Waals surface area contributed by atoms with Gasteiger partial charge in [0.15, 0.2) is 0 Å². The number of pyridine rings is 1. The van der Waals surface area contributed by atoms with Gasteiger partial charge in [-0.25, -0.2) is 0 Å². The lowest BCUT2D eigenvalue weighted by Gasteiger charge is -2.07. The zero-order chi connectivity index (χ0) is 12.5. The van der Waals surface area contributed by atoms with Gasteiger partial charge in [0.1, 0.15) is 0 Å². The summed E-state index contributed by atoms with van der Waals surface area (Å²) in [6.45, 7) is 4.87. The molecule has 3 nitrogen and oxygen atoms in total. The van der Waals surface area contributed by atoms with Crippen molar-refractivity contribution in [2.75, 3.05) is 0 Å². The Hall–Kier alpha value is -2.16. The Balaban J connectivity index is 2.07. The van der Waals surface area contributed by atoms with E-state index in [1.54, 1.807) is 0 Å². The normalized spacial score (nSPS) is 11.0. The van der Waals surface area contributed by atoms with E-state index in [-0.39, 0.29) is 0 Å². The van der Waals surface area contributed by atoms with E-state index in [0.717, 1.165) is 17.8 Å². The fourth-order valence-electron chi connectivity index (χ4n) is 2.29. The second-order valence-electron chi connectivity index (χ2n) is 4.58. The molecule has 0 bridgehead atoms. The van der Waals surface area contributed by atoms with E-state index in [2.05, 4.69) is 47.3 Å². The Morgan fingerprint density at radius 3 is 2.72 bits per heavy atom. The van der Waals surface area contributed by atoms with E-state index < -0.39 is 0 Å². The van der Waals surface area contributed by atoms with Crippen LogP contribution in [0.15, 0.2) is 42.6 Å². The molecule has 0 saturated carbocycles. The second kappa shape index (κ2) is 4.26. The minimum Gasteiger partial charge on any atom is -0.265 e. The third kappa shape index (κ3) is 1.88. The average Bonchev–Trinajstić information content (AvgIpc) is 2.68. The van der Waals surface area contributed by atoms with Crippen molar-refractivity contribution in [1.82, 2.24) is 14.8 Å². The number of nitrogens with zero attached hydrogens (tertiary/aromatic N) is 3. The summed E-state index contributed by atoms with van der Waals surface area (Å²) in [7, 11) is 0. The molecular formula is C15H15N3. The third-order valence-electron chi connectivity index (χ3n) is 3.14. The summed E-state index contributed by atoms with van der Waals surface area (Å²) >= 11 is 0. The maximum absolute atomic E-state index is 4.50. The molecule has 0 aliphatic rings. The van der Waals surface area contributed by atoms with Gasteiger partial charge in [-0.05, 0) is 31.5 Å². The third-order valence-corrected chi connectivity index (χ3v) is 3.14. The zero-order valence-electron chi connectivity index (χ0n) is 10.6. The summed E-state index contributed by atoms with van der Waals surface area (Å²) in [5, 5.41) is 5.68. The maximum atomic E-state index is 4.50. The molecule has 1 aromatic carbocycles. The van der Waals surface area contributed by atoms with E-state index in [4.69, 9.17) is 0 Å². The van der Waals surface area contributed by atoms with Crippen molar-refractivity contribution in [3.8, 4) is 0 Å². The van der Waals surface area contributed by atoms with E-state index in [1.165, 1.54) is 16.6 Å². The molecule has 0 saturated heterocycles. The summed E-state index contributed by atoms with van der Waals surface area (Å²) in [4.78, 5) is 4.47. The first kappa shape index (κ1) is 11.0. The molecule has 0 aliphatic carbocycles. The fraction of sp³-hybridized carbons (Fsp3) is 0.200. The Bertz CT molecular complexity index is 693. The van der Waals surface area contributed by atoms with Crippen LogP contribution in [0.5, 0.6) is 0 Å². The average molecular weight is 237 g/mol. The molecule has 0 spiro atoms. The molecule has 3 aromatic rings. The fourth-order valence-corrected chi connectivity index (χ4v) is 2.29. The van der Waals surface area contributed by atoms with Gasteiger partial charge in [-0.2, -0.15) is 5.10 Å². The number of aryl methyl sites for hydroxylation is 2. The summed E-state index contributed by atoms with van der Waals surface area (Å²) in [5.41, 5.74) is 4.51. The van der Waals surface area contributed by atoms with Crippen molar-refractivity contribution in [1.29, 1.82) is 0 Å². The number of aromatic nitrogens is 3. The first-order chi connectivity index (χ1) is 8.74. The molecule has 0 unspecified atom stereocenters. The van der Waals surface area contributed by atoms with Crippen LogP contribution in [0.25, 0.3) is 10.9 Å². The topological polar surface area (TPSA) is 30.7 Å². The standard InChI is InChI=1S/C15H15N3/c1-11-9-12(2)18(17-11)10-14-6-3-5-13-7-4-8-16-15(13)14/h3-9H,10H2,1-2H3. The van der Waals surface area contributed by atoms with Crippen molar-refractivity contribution in [2.45, 2.75) is 20.4 Å². The molecule has 18 heavy (non-hydrogen) atoms. The lowest BCUT2D eigenvalue weighted by Crippen LogP contribution is -2.04. The summed E-state index contributed by atoms with van der Waals surface area (Å²) < 4.78 is 2.03. The summed E-state index contributed by atoms with van der Waals surface area (Å²) in [6, 6.07) is 12.4. The Kier molecular flexibility index (Phi) is 2.59. The number of fused-ring (bicyclic) bond motifs is 1. The van der Waals surface area contributed by atoms with Gasteiger partial charge >= 0.3 is 0 Å². The smallest absolute Gasteiger partial charge is 0.0752 e. The number of rotatable bonds is 2. The van der Waals surface area contributed by atoms with E-state index >= 15 is 0 Å². The molecule has 0 atom stereocenters. The van der Waals surface area contributed by atoms with Crippen LogP contribution in [0.4, 0.5) is 0 Å². The van der Waals surface area contributed by atoms with Crippen LogP contribution in [0.2, 0.25) is 0 Å². The van der Waals surface area contributed by atoms with Crippen molar-refractivity contribution in [2.24, 2.45) is 0 Å². The molecule has 0 fully saturated rings. The Morgan fingerprint density at radius 1 is 1.11 bits per heavy atom. The quantitative estimate of drug-likeness (QED) is 0.685. The highest BCUT2D eigenvalue weighted by Crippen LogP contribution is 2.17. The second-order valence-corrected chi connectivity index (χ2v) is 4.58. The van der Waals surface area contributed by atoms with Crippen LogP contribution < -0.4 is 0 Å². The molecule has 0 N–H and O–H groups in total. The number of hydrogen-bond acceptors (Lipinski definition) is 2. The molecule has 0 amide bonds. The largest absolute Gasteiger partial charge is 0.265 e. The van der Waals surface area contributed by atoms with Gasteiger partial charge in [-0.15, -0.1) is 0 Å². The van der Waals surface area contributed by atoms with Gasteiger partial charge in [-0.1, -0.05) is 24.3 Å². The lowest BCUT2D eigenvalue weighted by atomic mass is 10.1. The molecule has 2 heterocycles. The van der Waals surface area contributed by atoms with Crippen LogP contribution in [0.3, 0.4) is 0 Å². The zero-order valence-corrected chi connectivity index (χ0v) is 10.6. The SMILES string of the molecule is Cc1cc(C)n(Cc2cccc3cccnc23)n1. The molecular weight excluding hydrogens is 222 g/mol. The first-order valence-electron chi connectivity index (χ1n) is 6.08. The van der Waals surface area contributed by atoms with E-state index in [0.29, 0.717) is 0 Å². The maximum Gasteiger partial charge on any atom is 0.0752 e. The predicted molar refractivity (Wildman–Crippen MR) is 72.5 cm³/mol. The Labute approximate surface area is 106 Å². The molecule has 0 radical (unpaired) electrons. The van der Waals surface area contributed by atoms with Crippen molar-refractivity contribution < 1.29 is 0 Å². The van der Waals surface area contributed by atoms with Crippen LogP contribution in [-0.2, 0) is 6.54 Å². The molecule has 2 aromatic heterocycles. The van der Waals surface area contributed by atoms with Gasteiger partial charge in [0.2, 0.25) is 0 Å². The predicted octanol–water partition coefficient (Wildman–Crippen LogP) is 3.10. The van der Waals surface area contributed by atoms with E-state index in [9.17, 15) is 0 Å². The van der Waals surface area contributed by atoms with Crippen molar-refractivity contribution in [3.05, 3.63) is 59.5 Å². The van der Waals surface area contributed by atoms with Crippen LogP contribution in [-0.4, -0.2) is 14.8 Å². The number of benzene rings is 1. The first-order valence-corrected chi connectivity index (χ1v) is 6.08. The summed E-state index contributed by atoms with van der Waals surface area (Å²) in [6.07, 6.45) is 1.84. The van der Waals surface area contributed by atoms with Crippen LogP contribution >= 0.6 is 0 Å². The highest BCUT2D eigenvalue weighted by Gasteiger charge is 2.05. The number of para-hydroxylation sites is 1. The van der Waals surface area contributed by atoms with Crippen molar-refractivity contribution in [3.63, 3.8) is 0 Å². The number of hydrogen-bond donors (Lipinski definition) is 0. The van der Waals surface area contributed by atoms with Crippen molar-refractivity contribution >= 4 is 10.9 Å². The van der Waals surface area contributed by atoms with Gasteiger partial charge in [-0.3, -0.25) is 9.67 Å². The minimum atomic E-state index is 0.772. The van der Waals surface area contributed by atoms with Crippen LogP contribution in [0, 0.1) is 13.8 Å². The lowest BCUT2D eigenvalue weighted by molar-refractivity contribution is 0.661. The molecule has 3 rings (SSSR count). The molecule has 0 aliphatic heterocycles. The van der Waals surface area contributed by atoms with Gasteiger partial charge in [0.05, 0.1) is 17.8 Å². The van der Waals surface area contributed by atoms with Gasteiger partial charge in [0, 0.05) is 17.3 Å². The van der Waals surface area contributed by atoms with Gasteiger partial charge in [0.25, 0.3) is 0 Å². The minimum absolute atomic E-state index is 0.772. The van der Waals surface area contributed by atoms with Crippen LogP contribution in [0.1, 0.15) is 17.0 Å². The highest BCUT2D eigenvalue weighted by molar-refractivity contribution is 5.81.